The third-order valence-electron chi connectivity index (χ3n) is 1.58. The van der Waals surface area contributed by atoms with Gasteiger partial charge in [0.05, 0.1) is 6.20 Å². The Morgan fingerprint density at radius 2 is 2.38 bits per heavy atom. The highest BCUT2D eigenvalue weighted by atomic mass is 16.4. The van der Waals surface area contributed by atoms with Gasteiger partial charge in [-0.15, -0.1) is 0 Å². The maximum Gasteiger partial charge on any atom is 0.288 e. The lowest BCUT2D eigenvalue weighted by Gasteiger charge is -1.95. The lowest BCUT2D eigenvalue weighted by molar-refractivity contribution is 0.0926. The molecule has 0 bridgehead atoms. The predicted molar refractivity (Wildman–Crippen MR) is 48.5 cm³/mol. The zero-order valence-electron chi connectivity index (χ0n) is 7.96. The average Bonchev–Trinajstić information content (AvgIpc) is 2.54. The van der Waals surface area contributed by atoms with Crippen LogP contribution in [0.3, 0.4) is 0 Å². The van der Waals surface area contributed by atoms with Crippen molar-refractivity contribution in [2.75, 3.05) is 6.54 Å². The Hall–Kier alpha value is -1.32. The summed E-state index contributed by atoms with van der Waals surface area (Å²) in [4.78, 5) is 15.2. The van der Waals surface area contributed by atoms with Crippen molar-refractivity contribution in [2.24, 2.45) is 0 Å². The number of hydrogen-bond acceptors (Lipinski definition) is 3. The number of hydrogen-bond donors (Lipinski definition) is 1. The first kappa shape index (κ1) is 9.77. The Bertz CT molecular complexity index is 281. The molecule has 0 saturated heterocycles. The molecule has 0 fully saturated rings. The van der Waals surface area contributed by atoms with Gasteiger partial charge in [0.25, 0.3) is 5.91 Å². The van der Waals surface area contributed by atoms with Crippen molar-refractivity contribution < 1.29 is 9.21 Å². The number of aryl methyl sites for hydroxylation is 1. The molecule has 0 aliphatic heterocycles. The Morgan fingerprint density at radius 1 is 1.62 bits per heavy atom. The molecule has 4 nitrogen and oxygen atoms in total. The number of carbonyl (C=O) groups is 1. The minimum Gasteiger partial charge on any atom is -0.436 e. The van der Waals surface area contributed by atoms with Crippen LogP contribution in [0.5, 0.6) is 0 Å². The lowest BCUT2D eigenvalue weighted by Crippen LogP contribution is -2.21. The lowest BCUT2D eigenvalue weighted by atomic mass is 10.3. The van der Waals surface area contributed by atoms with Crippen LogP contribution in [0.4, 0.5) is 0 Å². The van der Waals surface area contributed by atoms with Crippen LogP contribution in [0.25, 0.3) is 0 Å². The van der Waals surface area contributed by atoms with Gasteiger partial charge in [-0.25, -0.2) is 4.98 Å². The maximum atomic E-state index is 11.2. The molecule has 0 unspecified atom stereocenters. The topological polar surface area (TPSA) is 55.1 Å². The van der Waals surface area contributed by atoms with Gasteiger partial charge in [0.15, 0.2) is 5.89 Å². The summed E-state index contributed by atoms with van der Waals surface area (Å²) in [7, 11) is 0. The summed E-state index contributed by atoms with van der Waals surface area (Å²) in [5.41, 5.74) is 0. The smallest absolute Gasteiger partial charge is 0.288 e. The molecular weight excluding hydrogens is 168 g/mol. The molecule has 0 spiro atoms. The molecule has 0 aliphatic carbocycles. The molecule has 4 heteroatoms. The molecule has 1 amide bonds. The minimum absolute atomic E-state index is 0.197. The van der Waals surface area contributed by atoms with Gasteiger partial charge in [-0.1, -0.05) is 6.92 Å². The molecule has 1 heterocycles. The van der Waals surface area contributed by atoms with Gasteiger partial charge >= 0.3 is 0 Å². The summed E-state index contributed by atoms with van der Waals surface area (Å²) >= 11 is 0. The predicted octanol–water partition coefficient (Wildman–Crippen LogP) is 1.38. The quantitative estimate of drug-likeness (QED) is 0.765. The van der Waals surface area contributed by atoms with Gasteiger partial charge in [0, 0.05) is 13.0 Å². The first-order valence-corrected chi connectivity index (χ1v) is 4.50. The van der Waals surface area contributed by atoms with Gasteiger partial charge in [-0.05, 0) is 13.3 Å². The van der Waals surface area contributed by atoms with Crippen LogP contribution in [0.2, 0.25) is 0 Å². The Kier molecular flexibility index (Phi) is 3.49. The van der Waals surface area contributed by atoms with E-state index in [1.807, 2.05) is 13.8 Å². The minimum atomic E-state index is -0.197. The number of nitrogens with zero attached hydrogens (tertiary/aromatic N) is 1. The number of aromatic nitrogens is 1. The maximum absolute atomic E-state index is 11.2. The van der Waals surface area contributed by atoms with Gasteiger partial charge in [0.2, 0.25) is 5.76 Å². The van der Waals surface area contributed by atoms with Crippen molar-refractivity contribution >= 4 is 5.91 Å². The van der Waals surface area contributed by atoms with Gasteiger partial charge < -0.3 is 9.73 Å². The Balaban J connectivity index is 2.62. The van der Waals surface area contributed by atoms with E-state index in [0.29, 0.717) is 18.2 Å². The summed E-state index contributed by atoms with van der Waals surface area (Å²) in [6, 6.07) is 0. The van der Waals surface area contributed by atoms with Crippen LogP contribution < -0.4 is 5.32 Å². The second kappa shape index (κ2) is 4.64. The van der Waals surface area contributed by atoms with Gasteiger partial charge in [-0.3, -0.25) is 4.79 Å². The van der Waals surface area contributed by atoms with E-state index in [4.69, 9.17) is 4.42 Å². The second-order valence-electron chi connectivity index (χ2n) is 2.73. The number of rotatable bonds is 4. The normalized spacial score (nSPS) is 10.0. The van der Waals surface area contributed by atoms with Crippen molar-refractivity contribution in [3.63, 3.8) is 0 Å². The molecule has 1 aromatic heterocycles. The fraction of sp³-hybridized carbons (Fsp3) is 0.556. The van der Waals surface area contributed by atoms with E-state index in [9.17, 15) is 4.79 Å². The summed E-state index contributed by atoms with van der Waals surface area (Å²) < 4.78 is 5.22. The number of nitrogens with one attached hydrogen (secondary N) is 1. The van der Waals surface area contributed by atoms with Crippen LogP contribution >= 0.6 is 0 Å². The average molecular weight is 182 g/mol. The first-order chi connectivity index (χ1) is 6.27. The third-order valence-corrected chi connectivity index (χ3v) is 1.58. The first-order valence-electron chi connectivity index (χ1n) is 4.50. The summed E-state index contributed by atoms with van der Waals surface area (Å²) in [6.45, 7) is 4.50. The summed E-state index contributed by atoms with van der Waals surface area (Å²) in [6.07, 6.45) is 3.21. The monoisotopic (exact) mass is 182 g/mol. The van der Waals surface area contributed by atoms with Crippen molar-refractivity contribution in [1.29, 1.82) is 0 Å². The molecule has 0 saturated carbocycles. The van der Waals surface area contributed by atoms with Crippen molar-refractivity contribution in [3.8, 4) is 0 Å². The molecule has 0 radical (unpaired) electrons. The standard InChI is InChI=1S/C9H14N2O2/c1-3-5-8-11-6-7(13-8)9(12)10-4-2/h6H,3-5H2,1-2H3,(H,10,12). The van der Waals surface area contributed by atoms with E-state index < -0.39 is 0 Å². The molecule has 0 aliphatic rings. The second-order valence-corrected chi connectivity index (χ2v) is 2.73. The van der Waals surface area contributed by atoms with Crippen LogP contribution in [-0.4, -0.2) is 17.4 Å². The Labute approximate surface area is 77.3 Å². The molecule has 13 heavy (non-hydrogen) atoms. The summed E-state index contributed by atoms with van der Waals surface area (Å²) in [5, 5.41) is 2.64. The highest BCUT2D eigenvalue weighted by molar-refractivity contribution is 5.90. The van der Waals surface area contributed by atoms with E-state index >= 15 is 0 Å². The fourth-order valence-electron chi connectivity index (χ4n) is 0.992. The molecule has 72 valence electrons. The zero-order valence-corrected chi connectivity index (χ0v) is 7.96. The van der Waals surface area contributed by atoms with Crippen LogP contribution in [0.1, 0.15) is 36.7 Å². The van der Waals surface area contributed by atoms with E-state index in [-0.39, 0.29) is 5.91 Å². The molecule has 0 atom stereocenters. The largest absolute Gasteiger partial charge is 0.436 e. The molecule has 0 aromatic carbocycles. The molecule has 1 rings (SSSR count). The third kappa shape index (κ3) is 2.57. The number of amides is 1. The highest BCUT2D eigenvalue weighted by Gasteiger charge is 2.10. The van der Waals surface area contributed by atoms with Crippen LogP contribution in [-0.2, 0) is 6.42 Å². The fourth-order valence-corrected chi connectivity index (χ4v) is 0.992. The SMILES string of the molecule is CCCc1ncc(C(=O)NCC)o1. The van der Waals surface area contributed by atoms with Crippen LogP contribution in [0.15, 0.2) is 10.6 Å². The molecule has 1 aromatic rings. The van der Waals surface area contributed by atoms with Crippen molar-refractivity contribution in [1.82, 2.24) is 10.3 Å². The van der Waals surface area contributed by atoms with Crippen molar-refractivity contribution in [2.45, 2.75) is 26.7 Å². The molecular formula is C9H14N2O2. The summed E-state index contributed by atoms with van der Waals surface area (Å²) in [5.74, 6) is 0.728. The van der Waals surface area contributed by atoms with Gasteiger partial charge in [0.1, 0.15) is 0 Å². The van der Waals surface area contributed by atoms with Crippen molar-refractivity contribution in [3.05, 3.63) is 17.8 Å². The number of oxazole rings is 1. The van der Waals surface area contributed by atoms with Crippen LogP contribution in [0, 0.1) is 0 Å². The highest BCUT2D eigenvalue weighted by Crippen LogP contribution is 2.05. The van der Waals surface area contributed by atoms with E-state index in [1.165, 1.54) is 6.20 Å². The van der Waals surface area contributed by atoms with E-state index in [1.54, 1.807) is 0 Å². The van der Waals surface area contributed by atoms with E-state index in [0.717, 1.165) is 12.8 Å². The molecule has 1 N–H and O–H groups in total. The van der Waals surface area contributed by atoms with E-state index in [2.05, 4.69) is 10.3 Å². The van der Waals surface area contributed by atoms with Gasteiger partial charge in [-0.2, -0.15) is 0 Å². The Morgan fingerprint density at radius 3 is 3.00 bits per heavy atom. The number of carbonyl (C=O) groups excluding carboxylic acids is 1. The zero-order chi connectivity index (χ0) is 9.68.